The molecule has 0 unspecified atom stereocenters. The Morgan fingerprint density at radius 2 is 1.95 bits per heavy atom. The fraction of sp³-hybridized carbons (Fsp3) is 0.467. The Balaban J connectivity index is 3.00. The van der Waals surface area contributed by atoms with Crippen LogP contribution in [0, 0.1) is 0 Å². The Morgan fingerprint density at radius 1 is 1.29 bits per heavy atom. The predicted molar refractivity (Wildman–Crippen MR) is 87.3 cm³/mol. The van der Waals surface area contributed by atoms with Crippen LogP contribution < -0.4 is 14.9 Å². The standard InChI is InChI=1S/C15H21BrN2O3/c1-5-11(6-2)17-18-15(19)10-8-12(16)14(21-7-3)13(9-10)20-4/h8-9H,5-7H2,1-4H3,(H,18,19). The molecule has 0 aromatic heterocycles. The van der Waals surface area contributed by atoms with Crippen molar-refractivity contribution in [1.82, 2.24) is 5.43 Å². The van der Waals surface area contributed by atoms with Crippen LogP contribution in [0.15, 0.2) is 21.7 Å². The fourth-order valence-corrected chi connectivity index (χ4v) is 2.29. The summed E-state index contributed by atoms with van der Waals surface area (Å²) in [7, 11) is 1.54. The van der Waals surface area contributed by atoms with Crippen molar-refractivity contribution in [3.63, 3.8) is 0 Å². The van der Waals surface area contributed by atoms with Crippen LogP contribution in [0.25, 0.3) is 0 Å². The zero-order valence-electron chi connectivity index (χ0n) is 12.8. The van der Waals surface area contributed by atoms with Gasteiger partial charge in [0.25, 0.3) is 5.91 Å². The molecular weight excluding hydrogens is 336 g/mol. The molecule has 1 rings (SSSR count). The van der Waals surface area contributed by atoms with Crippen molar-refractivity contribution in [2.75, 3.05) is 13.7 Å². The van der Waals surface area contributed by atoms with Gasteiger partial charge in [0.2, 0.25) is 0 Å². The number of methoxy groups -OCH3 is 1. The average molecular weight is 357 g/mol. The Hall–Kier alpha value is -1.56. The van der Waals surface area contributed by atoms with Gasteiger partial charge < -0.3 is 9.47 Å². The normalized spacial score (nSPS) is 9.95. The molecule has 0 atom stereocenters. The smallest absolute Gasteiger partial charge is 0.271 e. The third-order valence-electron chi connectivity index (χ3n) is 2.91. The summed E-state index contributed by atoms with van der Waals surface area (Å²) in [5, 5.41) is 4.11. The Labute approximate surface area is 133 Å². The fourth-order valence-electron chi connectivity index (χ4n) is 1.74. The van der Waals surface area contributed by atoms with Gasteiger partial charge in [-0.1, -0.05) is 13.8 Å². The van der Waals surface area contributed by atoms with Crippen LogP contribution in [-0.2, 0) is 0 Å². The minimum absolute atomic E-state index is 0.281. The Bertz CT molecular complexity index is 524. The molecule has 0 aliphatic heterocycles. The number of carbonyl (C=O) groups is 1. The van der Waals surface area contributed by atoms with Gasteiger partial charge in [-0.15, -0.1) is 0 Å². The van der Waals surface area contributed by atoms with Crippen LogP contribution in [-0.4, -0.2) is 25.3 Å². The number of halogens is 1. The number of amides is 1. The number of nitrogens with one attached hydrogen (secondary N) is 1. The molecule has 0 saturated carbocycles. The first kappa shape index (κ1) is 17.5. The number of ether oxygens (including phenoxy) is 2. The van der Waals surface area contributed by atoms with Gasteiger partial charge in [0, 0.05) is 11.3 Å². The summed E-state index contributed by atoms with van der Waals surface area (Å²) in [6.45, 7) is 6.41. The molecule has 0 heterocycles. The van der Waals surface area contributed by atoms with E-state index in [1.165, 1.54) is 7.11 Å². The van der Waals surface area contributed by atoms with E-state index in [0.29, 0.717) is 28.1 Å². The summed E-state index contributed by atoms with van der Waals surface area (Å²) in [6, 6.07) is 3.33. The number of hydrazone groups is 1. The first-order valence-electron chi connectivity index (χ1n) is 6.93. The Morgan fingerprint density at radius 3 is 2.48 bits per heavy atom. The van der Waals surface area contributed by atoms with E-state index in [0.717, 1.165) is 18.6 Å². The van der Waals surface area contributed by atoms with E-state index in [1.807, 2.05) is 20.8 Å². The summed E-state index contributed by atoms with van der Waals surface area (Å²) in [4.78, 5) is 12.1. The molecule has 5 nitrogen and oxygen atoms in total. The summed E-state index contributed by atoms with van der Waals surface area (Å²) in [6.07, 6.45) is 1.63. The van der Waals surface area contributed by atoms with E-state index < -0.39 is 0 Å². The molecular formula is C15H21BrN2O3. The summed E-state index contributed by atoms with van der Waals surface area (Å²) in [5.74, 6) is 0.811. The molecule has 0 radical (unpaired) electrons. The van der Waals surface area contributed by atoms with Gasteiger partial charge in [-0.3, -0.25) is 4.79 Å². The summed E-state index contributed by atoms with van der Waals surface area (Å²) >= 11 is 3.39. The maximum Gasteiger partial charge on any atom is 0.271 e. The maximum atomic E-state index is 12.1. The molecule has 21 heavy (non-hydrogen) atoms. The van der Waals surface area contributed by atoms with E-state index in [2.05, 4.69) is 26.5 Å². The van der Waals surface area contributed by atoms with Gasteiger partial charge in [0.15, 0.2) is 11.5 Å². The highest BCUT2D eigenvalue weighted by molar-refractivity contribution is 9.10. The van der Waals surface area contributed by atoms with Gasteiger partial charge in [0.1, 0.15) is 0 Å². The first-order chi connectivity index (χ1) is 10.1. The van der Waals surface area contributed by atoms with Crippen molar-refractivity contribution < 1.29 is 14.3 Å². The number of hydrogen-bond acceptors (Lipinski definition) is 4. The van der Waals surface area contributed by atoms with Crippen LogP contribution in [0.2, 0.25) is 0 Å². The predicted octanol–water partition coefficient (Wildman–Crippen LogP) is 3.76. The van der Waals surface area contributed by atoms with E-state index in [9.17, 15) is 4.79 Å². The van der Waals surface area contributed by atoms with Gasteiger partial charge in [-0.25, -0.2) is 5.43 Å². The summed E-state index contributed by atoms with van der Waals surface area (Å²) < 4.78 is 11.4. The van der Waals surface area contributed by atoms with Crippen LogP contribution >= 0.6 is 15.9 Å². The largest absolute Gasteiger partial charge is 0.493 e. The lowest BCUT2D eigenvalue weighted by Gasteiger charge is -2.12. The molecule has 6 heteroatoms. The highest BCUT2D eigenvalue weighted by Crippen LogP contribution is 2.36. The van der Waals surface area contributed by atoms with Crippen molar-refractivity contribution >= 4 is 27.5 Å². The zero-order valence-corrected chi connectivity index (χ0v) is 14.4. The number of carbonyl (C=O) groups excluding carboxylic acids is 1. The van der Waals surface area contributed by atoms with Crippen LogP contribution in [0.3, 0.4) is 0 Å². The number of rotatable bonds is 7. The van der Waals surface area contributed by atoms with Crippen molar-refractivity contribution in [3.05, 3.63) is 22.2 Å². The van der Waals surface area contributed by atoms with Gasteiger partial charge in [0.05, 0.1) is 18.2 Å². The summed E-state index contributed by atoms with van der Waals surface area (Å²) in [5.41, 5.74) is 3.96. The zero-order chi connectivity index (χ0) is 15.8. The minimum atomic E-state index is -0.281. The van der Waals surface area contributed by atoms with Crippen molar-refractivity contribution in [1.29, 1.82) is 0 Å². The second kappa shape index (κ2) is 8.67. The van der Waals surface area contributed by atoms with E-state index in [-0.39, 0.29) is 5.91 Å². The lowest BCUT2D eigenvalue weighted by atomic mass is 10.2. The molecule has 0 fully saturated rings. The minimum Gasteiger partial charge on any atom is -0.493 e. The first-order valence-corrected chi connectivity index (χ1v) is 7.72. The molecule has 0 spiro atoms. The lowest BCUT2D eigenvalue weighted by Crippen LogP contribution is -2.19. The van der Waals surface area contributed by atoms with E-state index >= 15 is 0 Å². The molecule has 0 bridgehead atoms. The Kier molecular flexibility index (Phi) is 7.22. The molecule has 0 aliphatic rings. The second-order valence-electron chi connectivity index (χ2n) is 4.25. The average Bonchev–Trinajstić information content (AvgIpc) is 2.49. The van der Waals surface area contributed by atoms with Crippen LogP contribution in [0.4, 0.5) is 0 Å². The highest BCUT2D eigenvalue weighted by Gasteiger charge is 2.15. The molecule has 1 amide bonds. The monoisotopic (exact) mass is 356 g/mol. The van der Waals surface area contributed by atoms with Crippen LogP contribution in [0.5, 0.6) is 11.5 Å². The van der Waals surface area contributed by atoms with Gasteiger partial charge >= 0.3 is 0 Å². The topological polar surface area (TPSA) is 59.9 Å². The molecule has 1 aromatic carbocycles. The van der Waals surface area contributed by atoms with Crippen molar-refractivity contribution in [3.8, 4) is 11.5 Å². The van der Waals surface area contributed by atoms with Crippen molar-refractivity contribution in [2.24, 2.45) is 5.10 Å². The quantitative estimate of drug-likeness (QED) is 0.597. The maximum absolute atomic E-state index is 12.1. The number of benzene rings is 1. The highest BCUT2D eigenvalue weighted by atomic mass is 79.9. The molecule has 116 valence electrons. The SMILES string of the molecule is CCOc1c(Br)cc(C(=O)NN=C(CC)CC)cc1OC. The third kappa shape index (κ3) is 4.74. The molecule has 1 aromatic rings. The van der Waals surface area contributed by atoms with E-state index in [1.54, 1.807) is 12.1 Å². The van der Waals surface area contributed by atoms with Crippen LogP contribution in [0.1, 0.15) is 44.0 Å². The van der Waals surface area contributed by atoms with E-state index in [4.69, 9.17) is 9.47 Å². The molecule has 1 N–H and O–H groups in total. The van der Waals surface area contributed by atoms with Gasteiger partial charge in [-0.2, -0.15) is 5.10 Å². The molecule has 0 aliphatic carbocycles. The third-order valence-corrected chi connectivity index (χ3v) is 3.50. The number of nitrogens with zero attached hydrogens (tertiary/aromatic N) is 1. The number of hydrogen-bond donors (Lipinski definition) is 1. The molecule has 0 saturated heterocycles. The second-order valence-corrected chi connectivity index (χ2v) is 5.10. The lowest BCUT2D eigenvalue weighted by molar-refractivity contribution is 0.0954. The van der Waals surface area contributed by atoms with Gasteiger partial charge in [-0.05, 0) is 47.8 Å². The van der Waals surface area contributed by atoms with Crippen molar-refractivity contribution in [2.45, 2.75) is 33.6 Å².